The molecule has 1 aliphatic heterocycles. The van der Waals surface area contributed by atoms with Gasteiger partial charge in [0.2, 0.25) is 0 Å². The largest absolute Gasteiger partial charge is 0.478 e. The number of carbonyl (C=O) groups excluding carboxylic acids is 2. The van der Waals surface area contributed by atoms with Crippen molar-refractivity contribution in [3.05, 3.63) is 64.5 Å². The van der Waals surface area contributed by atoms with E-state index in [1.165, 1.54) is 0 Å². The lowest BCUT2D eigenvalue weighted by Gasteiger charge is -2.37. The van der Waals surface area contributed by atoms with Crippen molar-refractivity contribution in [2.24, 2.45) is 0 Å². The summed E-state index contributed by atoms with van der Waals surface area (Å²) in [7, 11) is 0. The molecule has 0 aliphatic carbocycles. The highest BCUT2D eigenvalue weighted by Crippen LogP contribution is 2.39. The molecule has 2 heterocycles. The number of hydrogen-bond acceptors (Lipinski definition) is 5. The van der Waals surface area contributed by atoms with Crippen LogP contribution in [0.3, 0.4) is 0 Å². The maximum absolute atomic E-state index is 13.2. The van der Waals surface area contributed by atoms with Crippen molar-refractivity contribution < 1.29 is 14.3 Å². The Labute approximate surface area is 174 Å². The Morgan fingerprint density at radius 2 is 2.00 bits per heavy atom. The second kappa shape index (κ2) is 7.79. The molecule has 0 saturated heterocycles. The lowest BCUT2D eigenvalue weighted by molar-refractivity contribution is -0.126. The van der Waals surface area contributed by atoms with Gasteiger partial charge >= 0.3 is 0 Å². The van der Waals surface area contributed by atoms with Gasteiger partial charge in [-0.3, -0.25) is 14.5 Å². The zero-order valence-electron chi connectivity index (χ0n) is 16.6. The Bertz CT molecular complexity index is 1060. The van der Waals surface area contributed by atoms with E-state index >= 15 is 0 Å². The summed E-state index contributed by atoms with van der Waals surface area (Å²) in [4.78, 5) is 32.4. The molecule has 0 bridgehead atoms. The molecule has 6 heteroatoms. The summed E-state index contributed by atoms with van der Waals surface area (Å²) in [5, 5.41) is 2.96. The number of rotatable bonds is 5. The molecular weight excluding hydrogens is 384 g/mol. The van der Waals surface area contributed by atoms with E-state index in [-0.39, 0.29) is 11.7 Å². The number of nitrogens with zero attached hydrogens (tertiary/aromatic N) is 2. The molecule has 0 N–H and O–H groups in total. The summed E-state index contributed by atoms with van der Waals surface area (Å²) in [5.74, 6) is 0.319. The minimum absolute atomic E-state index is 0.100. The number of hydrogen-bond donors (Lipinski definition) is 0. The minimum Gasteiger partial charge on any atom is -0.478 e. The van der Waals surface area contributed by atoms with Gasteiger partial charge in [-0.05, 0) is 38.5 Å². The van der Waals surface area contributed by atoms with Crippen LogP contribution in [-0.2, 0) is 4.79 Å². The van der Waals surface area contributed by atoms with Crippen LogP contribution in [0.2, 0.25) is 0 Å². The highest BCUT2D eigenvalue weighted by molar-refractivity contribution is 7.09. The number of ether oxygens (including phenoxy) is 1. The second-order valence-electron chi connectivity index (χ2n) is 7.06. The summed E-state index contributed by atoms with van der Waals surface area (Å²) in [6, 6.07) is 14.1. The van der Waals surface area contributed by atoms with Gasteiger partial charge < -0.3 is 4.74 Å². The van der Waals surface area contributed by atoms with E-state index in [1.54, 1.807) is 35.3 Å². The van der Waals surface area contributed by atoms with Gasteiger partial charge in [0.15, 0.2) is 11.9 Å². The van der Waals surface area contributed by atoms with Crippen molar-refractivity contribution in [2.75, 3.05) is 4.90 Å². The van der Waals surface area contributed by atoms with Crippen molar-refractivity contribution in [1.82, 2.24) is 4.98 Å². The predicted octanol–water partition coefficient (Wildman–Crippen LogP) is 4.89. The van der Waals surface area contributed by atoms with Gasteiger partial charge in [0.05, 0.1) is 22.4 Å². The minimum atomic E-state index is -0.644. The number of thiazole rings is 1. The molecule has 4 rings (SSSR count). The smallest absolute Gasteiger partial charge is 0.268 e. The number of anilines is 1. The zero-order chi connectivity index (χ0) is 20.5. The zero-order valence-corrected chi connectivity index (χ0v) is 17.4. The molecule has 5 nitrogen and oxygen atoms in total. The van der Waals surface area contributed by atoms with Crippen molar-refractivity contribution in [2.45, 2.75) is 39.3 Å². The first-order chi connectivity index (χ1) is 14.0. The maximum atomic E-state index is 13.2. The summed E-state index contributed by atoms with van der Waals surface area (Å²) in [5.41, 5.74) is 2.94. The first-order valence-corrected chi connectivity index (χ1v) is 10.5. The predicted molar refractivity (Wildman–Crippen MR) is 115 cm³/mol. The third-order valence-electron chi connectivity index (χ3n) is 5.11. The van der Waals surface area contributed by atoms with Crippen LogP contribution in [-0.4, -0.2) is 28.8 Å². The molecule has 1 amide bonds. The van der Waals surface area contributed by atoms with E-state index in [2.05, 4.69) is 4.98 Å². The first-order valence-electron chi connectivity index (χ1n) is 9.65. The van der Waals surface area contributed by atoms with Gasteiger partial charge in [-0.1, -0.05) is 37.3 Å². The average molecular weight is 407 g/mol. The van der Waals surface area contributed by atoms with E-state index < -0.39 is 12.1 Å². The molecule has 3 aromatic rings. The van der Waals surface area contributed by atoms with Gasteiger partial charge in [0, 0.05) is 16.5 Å². The molecule has 2 aromatic carbocycles. The van der Waals surface area contributed by atoms with Crippen LogP contribution in [0.1, 0.15) is 35.6 Å². The van der Waals surface area contributed by atoms with Crippen LogP contribution < -0.4 is 9.64 Å². The lowest BCUT2D eigenvalue weighted by Crippen LogP contribution is -2.52. The average Bonchev–Trinajstić information content (AvgIpc) is 3.19. The Kier molecular flexibility index (Phi) is 5.20. The number of aryl methyl sites for hydroxylation is 1. The van der Waals surface area contributed by atoms with E-state index in [9.17, 15) is 9.59 Å². The van der Waals surface area contributed by atoms with Gasteiger partial charge in [-0.2, -0.15) is 0 Å². The van der Waals surface area contributed by atoms with Gasteiger partial charge in [0.25, 0.3) is 5.91 Å². The topological polar surface area (TPSA) is 59.5 Å². The van der Waals surface area contributed by atoms with E-state index in [0.717, 1.165) is 16.3 Å². The number of fused-ring (bicyclic) bond motifs is 1. The number of amides is 1. The summed E-state index contributed by atoms with van der Waals surface area (Å²) >= 11 is 1.57. The normalized spacial score (nSPS) is 16.9. The molecule has 0 saturated carbocycles. The number of aromatic nitrogens is 1. The molecule has 29 heavy (non-hydrogen) atoms. The third kappa shape index (κ3) is 3.56. The fourth-order valence-corrected chi connectivity index (χ4v) is 4.18. The van der Waals surface area contributed by atoms with E-state index in [0.29, 0.717) is 23.4 Å². The van der Waals surface area contributed by atoms with Gasteiger partial charge in [-0.25, -0.2) is 4.98 Å². The molecule has 2 atom stereocenters. The van der Waals surface area contributed by atoms with Crippen LogP contribution in [0.5, 0.6) is 5.75 Å². The fraction of sp³-hybridized carbons (Fsp3) is 0.261. The number of benzene rings is 2. The van der Waals surface area contributed by atoms with Crippen LogP contribution >= 0.6 is 11.3 Å². The third-order valence-corrected chi connectivity index (χ3v) is 5.88. The molecular formula is C23H22N2O3S. The Morgan fingerprint density at radius 1 is 1.24 bits per heavy atom. The van der Waals surface area contributed by atoms with Gasteiger partial charge in [-0.15, -0.1) is 11.3 Å². The molecule has 148 valence electrons. The van der Waals surface area contributed by atoms with Crippen LogP contribution in [0.25, 0.3) is 11.3 Å². The number of Topliss-reactive ketones (excluding diaryl/α,β-unsaturated/α-hetero) is 1. The highest BCUT2D eigenvalue weighted by Gasteiger charge is 2.38. The molecule has 1 aliphatic rings. The van der Waals surface area contributed by atoms with Crippen molar-refractivity contribution in [3.63, 3.8) is 0 Å². The molecule has 1 aromatic heterocycles. The lowest BCUT2D eigenvalue weighted by atomic mass is 10.00. The first kappa shape index (κ1) is 19.3. The Morgan fingerprint density at radius 3 is 2.66 bits per heavy atom. The van der Waals surface area contributed by atoms with Crippen LogP contribution in [0.15, 0.2) is 53.9 Å². The van der Waals surface area contributed by atoms with Crippen LogP contribution in [0, 0.1) is 6.92 Å². The molecule has 0 fully saturated rings. The standard InChI is InChI=1S/C23H22N2O3S/c1-4-20-23(27)25(14(2)22(26)16-8-6-5-7-9-16)19-12-17(10-11-21(19)28-20)18-13-29-15(3)24-18/h5-14,20H,4H2,1-3H3. The summed E-state index contributed by atoms with van der Waals surface area (Å²) in [6.45, 7) is 5.63. The van der Waals surface area contributed by atoms with E-state index in [4.69, 9.17) is 4.74 Å². The Balaban J connectivity index is 1.78. The van der Waals surface area contributed by atoms with E-state index in [1.807, 2.05) is 55.6 Å². The van der Waals surface area contributed by atoms with Crippen molar-refractivity contribution in [1.29, 1.82) is 0 Å². The number of carbonyl (C=O) groups is 2. The van der Waals surface area contributed by atoms with Crippen molar-refractivity contribution in [3.8, 4) is 17.0 Å². The quantitative estimate of drug-likeness (QED) is 0.566. The molecule has 0 spiro atoms. The summed E-state index contributed by atoms with van der Waals surface area (Å²) < 4.78 is 5.93. The monoisotopic (exact) mass is 406 g/mol. The molecule has 2 unspecified atom stereocenters. The van der Waals surface area contributed by atoms with Gasteiger partial charge in [0.1, 0.15) is 5.75 Å². The molecule has 0 radical (unpaired) electrons. The number of ketones is 1. The second-order valence-corrected chi connectivity index (χ2v) is 8.13. The summed E-state index contributed by atoms with van der Waals surface area (Å²) in [6.07, 6.45) is -0.0606. The fourth-order valence-electron chi connectivity index (χ4n) is 3.56. The van der Waals surface area contributed by atoms with Crippen LogP contribution in [0.4, 0.5) is 5.69 Å². The van der Waals surface area contributed by atoms with Crippen molar-refractivity contribution >= 4 is 28.7 Å². The highest BCUT2D eigenvalue weighted by atomic mass is 32.1. The SMILES string of the molecule is CCC1Oc2ccc(-c3csc(C)n3)cc2N(C(C)C(=O)c2ccccc2)C1=O. The Hall–Kier alpha value is -2.99. The maximum Gasteiger partial charge on any atom is 0.268 e.